The van der Waals surface area contributed by atoms with Gasteiger partial charge in [0.1, 0.15) is 0 Å². The third kappa shape index (κ3) is 1.98. The summed E-state index contributed by atoms with van der Waals surface area (Å²) in [6.07, 6.45) is 1.33. The molecule has 4 heteroatoms. The molecule has 1 aliphatic rings. The summed E-state index contributed by atoms with van der Waals surface area (Å²) in [5, 5.41) is 2.96. The molecule has 2 atom stereocenters. The average molecular weight is 191 g/mol. The molecule has 0 aromatic carbocycles. The van der Waals surface area contributed by atoms with E-state index in [-0.39, 0.29) is 5.25 Å². The van der Waals surface area contributed by atoms with Gasteiger partial charge >= 0.3 is 0 Å². The lowest BCUT2D eigenvalue weighted by molar-refractivity contribution is 0.415. The van der Waals surface area contributed by atoms with Crippen molar-refractivity contribution in [1.82, 2.24) is 5.32 Å². The van der Waals surface area contributed by atoms with Crippen LogP contribution < -0.4 is 5.32 Å². The summed E-state index contributed by atoms with van der Waals surface area (Å²) in [5.41, 5.74) is 0. The predicted octanol–water partition coefficient (Wildman–Crippen LogP) is 0.275. The molecule has 1 N–H and O–H groups in total. The quantitative estimate of drug-likeness (QED) is 0.681. The Morgan fingerprint density at radius 3 is 2.25 bits per heavy atom. The van der Waals surface area contributed by atoms with E-state index in [0.717, 1.165) is 6.54 Å². The molecular formula is C8H17NO2S. The predicted molar refractivity (Wildman–Crippen MR) is 49.8 cm³/mol. The summed E-state index contributed by atoms with van der Waals surface area (Å²) in [5.74, 6) is 0.736. The molecule has 1 heterocycles. The van der Waals surface area contributed by atoms with E-state index in [4.69, 9.17) is 0 Å². The van der Waals surface area contributed by atoms with Crippen molar-refractivity contribution >= 4 is 9.84 Å². The fourth-order valence-electron chi connectivity index (χ4n) is 1.81. The molecule has 0 aromatic heterocycles. The van der Waals surface area contributed by atoms with Crippen LogP contribution in [0.15, 0.2) is 0 Å². The van der Waals surface area contributed by atoms with E-state index < -0.39 is 9.84 Å². The minimum atomic E-state index is -2.86. The van der Waals surface area contributed by atoms with E-state index in [1.807, 2.05) is 0 Å². The lowest BCUT2D eigenvalue weighted by Gasteiger charge is -2.19. The van der Waals surface area contributed by atoms with Crippen molar-refractivity contribution in [1.29, 1.82) is 0 Å². The largest absolute Gasteiger partial charge is 0.315 e. The Morgan fingerprint density at radius 1 is 1.33 bits per heavy atom. The van der Waals surface area contributed by atoms with Crippen molar-refractivity contribution < 1.29 is 8.42 Å². The van der Waals surface area contributed by atoms with Gasteiger partial charge in [0.25, 0.3) is 0 Å². The van der Waals surface area contributed by atoms with Crippen LogP contribution in [-0.2, 0) is 9.84 Å². The molecule has 1 aliphatic heterocycles. The number of rotatable bonds is 2. The lowest BCUT2D eigenvalue weighted by Crippen LogP contribution is -2.31. The summed E-state index contributed by atoms with van der Waals surface area (Å²) in [6.45, 7) is 5.63. The van der Waals surface area contributed by atoms with Crippen LogP contribution in [0.25, 0.3) is 0 Å². The SMILES string of the molecule is CC(C)C1CNCC1S(C)(=O)=O. The van der Waals surface area contributed by atoms with Crippen molar-refractivity contribution in [3.05, 3.63) is 0 Å². The topological polar surface area (TPSA) is 46.2 Å². The third-order valence-electron chi connectivity index (χ3n) is 2.61. The Bertz CT molecular complexity index is 246. The maximum atomic E-state index is 11.3. The standard InChI is InChI=1S/C8H17NO2S/c1-6(2)7-4-9-5-8(7)12(3,10)11/h6-9H,4-5H2,1-3H3. The first-order valence-electron chi connectivity index (χ1n) is 4.32. The van der Waals surface area contributed by atoms with Gasteiger partial charge in [-0.2, -0.15) is 0 Å². The summed E-state index contributed by atoms with van der Waals surface area (Å²) in [6, 6.07) is 0. The Labute approximate surface area is 74.5 Å². The summed E-state index contributed by atoms with van der Waals surface area (Å²) >= 11 is 0. The molecule has 1 fully saturated rings. The van der Waals surface area contributed by atoms with Crippen LogP contribution in [0, 0.1) is 11.8 Å². The normalized spacial score (nSPS) is 31.3. The summed E-state index contributed by atoms with van der Waals surface area (Å²) in [4.78, 5) is 0. The van der Waals surface area contributed by atoms with Crippen LogP contribution in [0.4, 0.5) is 0 Å². The fraction of sp³-hybridized carbons (Fsp3) is 1.00. The molecule has 2 unspecified atom stereocenters. The highest BCUT2D eigenvalue weighted by molar-refractivity contribution is 7.91. The van der Waals surface area contributed by atoms with Gasteiger partial charge in [-0.15, -0.1) is 0 Å². The molecule has 0 bridgehead atoms. The monoisotopic (exact) mass is 191 g/mol. The molecule has 0 aromatic rings. The summed E-state index contributed by atoms with van der Waals surface area (Å²) in [7, 11) is -2.86. The van der Waals surface area contributed by atoms with Crippen LogP contribution in [0.5, 0.6) is 0 Å². The third-order valence-corrected chi connectivity index (χ3v) is 4.23. The van der Waals surface area contributed by atoms with E-state index in [9.17, 15) is 8.42 Å². The average Bonchev–Trinajstić information content (AvgIpc) is 2.30. The van der Waals surface area contributed by atoms with E-state index in [1.165, 1.54) is 6.26 Å². The van der Waals surface area contributed by atoms with Gasteiger partial charge in [-0.3, -0.25) is 0 Å². The van der Waals surface area contributed by atoms with Gasteiger partial charge in [0, 0.05) is 12.8 Å². The number of nitrogens with one attached hydrogen (secondary N) is 1. The van der Waals surface area contributed by atoms with Gasteiger partial charge in [0.05, 0.1) is 5.25 Å². The molecule has 0 radical (unpaired) electrons. The Morgan fingerprint density at radius 2 is 1.92 bits per heavy atom. The molecule has 0 saturated carbocycles. The molecule has 12 heavy (non-hydrogen) atoms. The summed E-state index contributed by atoms with van der Waals surface area (Å²) < 4.78 is 22.6. The second-order valence-corrected chi connectivity index (χ2v) is 6.20. The van der Waals surface area contributed by atoms with Crippen molar-refractivity contribution in [2.45, 2.75) is 19.1 Å². The zero-order valence-corrected chi connectivity index (χ0v) is 8.69. The number of hydrogen-bond acceptors (Lipinski definition) is 3. The van der Waals surface area contributed by atoms with Gasteiger partial charge < -0.3 is 5.32 Å². The van der Waals surface area contributed by atoms with Crippen LogP contribution in [-0.4, -0.2) is 33.0 Å². The molecule has 0 amide bonds. The maximum absolute atomic E-state index is 11.3. The van der Waals surface area contributed by atoms with Crippen molar-refractivity contribution in [3.8, 4) is 0 Å². The Balaban J connectivity index is 2.78. The van der Waals surface area contributed by atoms with E-state index in [0.29, 0.717) is 18.4 Å². The zero-order chi connectivity index (χ0) is 9.35. The Kier molecular flexibility index (Phi) is 2.78. The van der Waals surface area contributed by atoms with Gasteiger partial charge in [-0.25, -0.2) is 8.42 Å². The van der Waals surface area contributed by atoms with Gasteiger partial charge in [0.2, 0.25) is 0 Å². The molecule has 3 nitrogen and oxygen atoms in total. The lowest BCUT2D eigenvalue weighted by atomic mass is 9.95. The smallest absolute Gasteiger partial charge is 0.151 e. The minimum Gasteiger partial charge on any atom is -0.315 e. The van der Waals surface area contributed by atoms with Gasteiger partial charge in [-0.1, -0.05) is 13.8 Å². The first-order chi connectivity index (χ1) is 5.43. The van der Waals surface area contributed by atoms with Gasteiger partial charge in [0.15, 0.2) is 9.84 Å². The van der Waals surface area contributed by atoms with Crippen molar-refractivity contribution in [2.75, 3.05) is 19.3 Å². The highest BCUT2D eigenvalue weighted by Gasteiger charge is 2.36. The Hall–Kier alpha value is -0.0900. The van der Waals surface area contributed by atoms with Crippen molar-refractivity contribution in [2.24, 2.45) is 11.8 Å². The maximum Gasteiger partial charge on any atom is 0.151 e. The first-order valence-corrected chi connectivity index (χ1v) is 6.28. The number of sulfone groups is 1. The zero-order valence-electron chi connectivity index (χ0n) is 7.87. The molecule has 1 rings (SSSR count). The van der Waals surface area contributed by atoms with Crippen LogP contribution in [0.2, 0.25) is 0 Å². The van der Waals surface area contributed by atoms with Crippen LogP contribution in [0.3, 0.4) is 0 Å². The second kappa shape index (κ2) is 3.34. The van der Waals surface area contributed by atoms with Crippen LogP contribution in [0.1, 0.15) is 13.8 Å². The first kappa shape index (κ1) is 9.99. The minimum absolute atomic E-state index is 0.169. The fourth-order valence-corrected chi connectivity index (χ4v) is 3.28. The van der Waals surface area contributed by atoms with Crippen LogP contribution >= 0.6 is 0 Å². The molecule has 72 valence electrons. The highest BCUT2D eigenvalue weighted by Crippen LogP contribution is 2.23. The van der Waals surface area contributed by atoms with E-state index in [2.05, 4.69) is 19.2 Å². The van der Waals surface area contributed by atoms with Crippen molar-refractivity contribution in [3.63, 3.8) is 0 Å². The highest BCUT2D eigenvalue weighted by atomic mass is 32.2. The van der Waals surface area contributed by atoms with E-state index >= 15 is 0 Å². The van der Waals surface area contributed by atoms with Gasteiger partial charge in [-0.05, 0) is 18.4 Å². The van der Waals surface area contributed by atoms with E-state index in [1.54, 1.807) is 0 Å². The second-order valence-electron chi connectivity index (χ2n) is 3.93. The molecular weight excluding hydrogens is 174 g/mol. The molecule has 1 saturated heterocycles. The molecule has 0 spiro atoms. The molecule has 0 aliphatic carbocycles. The number of hydrogen-bond donors (Lipinski definition) is 1.